The molecule has 1 atom stereocenters. The van der Waals surface area contributed by atoms with Crippen LogP contribution in [0.3, 0.4) is 0 Å². The number of aryl methyl sites for hydroxylation is 1. The Bertz CT molecular complexity index is 861. The van der Waals surface area contributed by atoms with E-state index in [1.165, 1.54) is 24.1 Å². The highest BCUT2D eigenvalue weighted by Gasteiger charge is 2.28. The maximum atomic E-state index is 12.8. The average molecular weight is 394 g/mol. The number of hydrogen-bond acceptors (Lipinski definition) is 4. The standard InChI is InChI=1S/C24H31N3O2/c1-18-15-20(26-12-3-4-13-26)10-11-22(18)25-24(28)17-27-14-6-9-23(27)19-7-5-8-21(16-19)29-2/h5,7-8,10-11,15-16,23H,3-4,6,9,12-14,17H2,1-2H3,(H,25,28). The topological polar surface area (TPSA) is 44.8 Å². The first-order valence-electron chi connectivity index (χ1n) is 10.7. The van der Waals surface area contributed by atoms with Crippen molar-refractivity contribution < 1.29 is 9.53 Å². The molecule has 154 valence electrons. The van der Waals surface area contributed by atoms with Crippen molar-refractivity contribution in [2.24, 2.45) is 0 Å². The van der Waals surface area contributed by atoms with Crippen LogP contribution in [0.1, 0.15) is 42.9 Å². The van der Waals surface area contributed by atoms with Crippen LogP contribution < -0.4 is 15.0 Å². The maximum Gasteiger partial charge on any atom is 0.238 e. The number of hydrogen-bond donors (Lipinski definition) is 1. The second-order valence-electron chi connectivity index (χ2n) is 8.15. The van der Waals surface area contributed by atoms with E-state index in [1.54, 1.807) is 7.11 Å². The van der Waals surface area contributed by atoms with Crippen LogP contribution in [0.4, 0.5) is 11.4 Å². The summed E-state index contributed by atoms with van der Waals surface area (Å²) >= 11 is 0. The van der Waals surface area contributed by atoms with Crippen LogP contribution in [0.5, 0.6) is 5.75 Å². The molecular formula is C24H31N3O2. The zero-order valence-corrected chi connectivity index (χ0v) is 17.5. The van der Waals surface area contributed by atoms with E-state index in [2.05, 4.69) is 46.3 Å². The molecule has 2 aromatic carbocycles. The summed E-state index contributed by atoms with van der Waals surface area (Å²) in [5.41, 5.74) is 4.51. The van der Waals surface area contributed by atoms with Gasteiger partial charge in [-0.1, -0.05) is 12.1 Å². The van der Waals surface area contributed by atoms with Crippen molar-refractivity contribution in [3.8, 4) is 5.75 Å². The van der Waals surface area contributed by atoms with Gasteiger partial charge < -0.3 is 15.0 Å². The third-order valence-corrected chi connectivity index (χ3v) is 6.14. The van der Waals surface area contributed by atoms with Gasteiger partial charge in [0.2, 0.25) is 5.91 Å². The fraction of sp³-hybridized carbons (Fsp3) is 0.458. The number of nitrogens with one attached hydrogen (secondary N) is 1. The third-order valence-electron chi connectivity index (χ3n) is 6.14. The molecule has 2 heterocycles. The lowest BCUT2D eigenvalue weighted by atomic mass is 10.0. The van der Waals surface area contributed by atoms with Gasteiger partial charge in [0.1, 0.15) is 5.75 Å². The van der Waals surface area contributed by atoms with Crippen molar-refractivity contribution in [3.63, 3.8) is 0 Å². The summed E-state index contributed by atoms with van der Waals surface area (Å²) in [5, 5.41) is 3.13. The van der Waals surface area contributed by atoms with Crippen LogP contribution >= 0.6 is 0 Å². The average Bonchev–Trinajstić information content (AvgIpc) is 3.42. The Kier molecular flexibility index (Phi) is 6.05. The zero-order valence-electron chi connectivity index (χ0n) is 17.5. The summed E-state index contributed by atoms with van der Waals surface area (Å²) in [6.45, 7) is 5.69. The number of rotatable bonds is 6. The van der Waals surface area contributed by atoms with E-state index < -0.39 is 0 Å². The SMILES string of the molecule is COc1cccc(C2CCCN2CC(=O)Nc2ccc(N3CCCC3)cc2C)c1. The molecule has 29 heavy (non-hydrogen) atoms. The monoisotopic (exact) mass is 393 g/mol. The highest BCUT2D eigenvalue weighted by Crippen LogP contribution is 2.33. The Hall–Kier alpha value is -2.53. The summed E-state index contributed by atoms with van der Waals surface area (Å²) < 4.78 is 5.37. The predicted octanol–water partition coefficient (Wildman–Crippen LogP) is 4.38. The summed E-state index contributed by atoms with van der Waals surface area (Å²) in [6, 6.07) is 14.8. The van der Waals surface area contributed by atoms with E-state index in [0.29, 0.717) is 6.54 Å². The second kappa shape index (κ2) is 8.87. The molecule has 0 bridgehead atoms. The van der Waals surface area contributed by atoms with Gasteiger partial charge in [-0.2, -0.15) is 0 Å². The fourth-order valence-electron chi connectivity index (χ4n) is 4.58. The number of carbonyl (C=O) groups excluding carboxylic acids is 1. The number of benzene rings is 2. The predicted molar refractivity (Wildman–Crippen MR) is 118 cm³/mol. The number of anilines is 2. The molecule has 1 N–H and O–H groups in total. The van der Waals surface area contributed by atoms with Crippen LogP contribution in [-0.2, 0) is 4.79 Å². The Morgan fingerprint density at radius 3 is 2.69 bits per heavy atom. The van der Waals surface area contributed by atoms with Crippen molar-refractivity contribution in [3.05, 3.63) is 53.6 Å². The minimum Gasteiger partial charge on any atom is -0.497 e. The first-order valence-corrected chi connectivity index (χ1v) is 10.7. The summed E-state index contributed by atoms with van der Waals surface area (Å²) in [7, 11) is 1.69. The molecule has 0 aromatic heterocycles. The van der Waals surface area contributed by atoms with Crippen molar-refractivity contribution >= 4 is 17.3 Å². The van der Waals surface area contributed by atoms with E-state index in [1.807, 2.05) is 18.2 Å². The molecule has 2 aliphatic heterocycles. The van der Waals surface area contributed by atoms with E-state index in [-0.39, 0.29) is 11.9 Å². The van der Waals surface area contributed by atoms with Gasteiger partial charge in [0.15, 0.2) is 0 Å². The largest absolute Gasteiger partial charge is 0.497 e. The van der Waals surface area contributed by atoms with Gasteiger partial charge in [0.25, 0.3) is 0 Å². The molecule has 0 saturated carbocycles. The second-order valence-corrected chi connectivity index (χ2v) is 8.15. The van der Waals surface area contributed by atoms with Crippen LogP contribution in [-0.4, -0.2) is 44.1 Å². The molecule has 0 spiro atoms. The minimum atomic E-state index is 0.0526. The minimum absolute atomic E-state index is 0.0526. The lowest BCUT2D eigenvalue weighted by Crippen LogP contribution is -2.33. The van der Waals surface area contributed by atoms with Crippen molar-refractivity contribution in [2.45, 2.75) is 38.6 Å². The van der Waals surface area contributed by atoms with Crippen LogP contribution in [0.15, 0.2) is 42.5 Å². The normalized spacial score (nSPS) is 19.5. The molecule has 0 aliphatic carbocycles. The Balaban J connectivity index is 1.39. The number of likely N-dealkylation sites (tertiary alicyclic amines) is 1. The first kappa shape index (κ1) is 19.8. The molecule has 0 radical (unpaired) electrons. The molecule has 1 unspecified atom stereocenters. The number of amides is 1. The molecule has 2 saturated heterocycles. The Morgan fingerprint density at radius 2 is 1.93 bits per heavy atom. The summed E-state index contributed by atoms with van der Waals surface area (Å²) in [6.07, 6.45) is 4.71. The van der Waals surface area contributed by atoms with Gasteiger partial charge in [-0.3, -0.25) is 9.69 Å². The molecular weight excluding hydrogens is 362 g/mol. The van der Waals surface area contributed by atoms with Gasteiger partial charge >= 0.3 is 0 Å². The van der Waals surface area contributed by atoms with Gasteiger partial charge in [-0.25, -0.2) is 0 Å². The number of nitrogens with zero attached hydrogens (tertiary/aromatic N) is 2. The Morgan fingerprint density at radius 1 is 1.10 bits per heavy atom. The van der Waals surface area contributed by atoms with Gasteiger partial charge in [-0.05, 0) is 80.6 Å². The van der Waals surface area contributed by atoms with Crippen LogP contribution in [0.25, 0.3) is 0 Å². The highest BCUT2D eigenvalue weighted by atomic mass is 16.5. The highest BCUT2D eigenvalue weighted by molar-refractivity contribution is 5.93. The smallest absolute Gasteiger partial charge is 0.238 e. The number of methoxy groups -OCH3 is 1. The molecule has 2 fully saturated rings. The van der Waals surface area contributed by atoms with E-state index >= 15 is 0 Å². The van der Waals surface area contributed by atoms with Crippen molar-refractivity contribution in [2.75, 3.05) is 43.5 Å². The van der Waals surface area contributed by atoms with Crippen LogP contribution in [0.2, 0.25) is 0 Å². The number of ether oxygens (including phenoxy) is 1. The first-order chi connectivity index (χ1) is 14.1. The van der Waals surface area contributed by atoms with Gasteiger partial charge in [0, 0.05) is 30.5 Å². The summed E-state index contributed by atoms with van der Waals surface area (Å²) in [5.74, 6) is 0.921. The summed E-state index contributed by atoms with van der Waals surface area (Å²) in [4.78, 5) is 17.5. The molecule has 5 heteroatoms. The zero-order chi connectivity index (χ0) is 20.2. The molecule has 2 aromatic rings. The Labute approximate surface area is 173 Å². The maximum absolute atomic E-state index is 12.8. The lowest BCUT2D eigenvalue weighted by molar-refractivity contribution is -0.117. The van der Waals surface area contributed by atoms with E-state index in [4.69, 9.17) is 4.74 Å². The quantitative estimate of drug-likeness (QED) is 0.791. The fourth-order valence-corrected chi connectivity index (χ4v) is 4.58. The van der Waals surface area contributed by atoms with E-state index in [9.17, 15) is 4.79 Å². The van der Waals surface area contributed by atoms with Gasteiger partial charge in [-0.15, -0.1) is 0 Å². The third kappa shape index (κ3) is 4.56. The van der Waals surface area contributed by atoms with Crippen molar-refractivity contribution in [1.82, 2.24) is 4.90 Å². The number of carbonyl (C=O) groups is 1. The van der Waals surface area contributed by atoms with Gasteiger partial charge in [0.05, 0.1) is 13.7 Å². The van der Waals surface area contributed by atoms with Crippen molar-refractivity contribution in [1.29, 1.82) is 0 Å². The molecule has 5 nitrogen and oxygen atoms in total. The molecule has 4 rings (SSSR count). The molecule has 1 amide bonds. The van der Waals surface area contributed by atoms with E-state index in [0.717, 1.165) is 49.5 Å². The lowest BCUT2D eigenvalue weighted by Gasteiger charge is -2.25. The van der Waals surface area contributed by atoms with Crippen LogP contribution in [0, 0.1) is 6.92 Å². The molecule has 2 aliphatic rings.